The molecule has 4 heteroatoms. The van der Waals surface area contributed by atoms with E-state index < -0.39 is 0 Å². The van der Waals surface area contributed by atoms with E-state index in [1.54, 1.807) is 0 Å². The first-order valence-corrected chi connectivity index (χ1v) is 17.5. The highest BCUT2D eigenvalue weighted by Gasteiger charge is 2.36. The van der Waals surface area contributed by atoms with Crippen LogP contribution in [0.1, 0.15) is 22.6 Å². The van der Waals surface area contributed by atoms with Gasteiger partial charge in [0.25, 0.3) is 0 Å². The molecule has 2 aliphatic rings. The molecule has 3 heterocycles. The summed E-state index contributed by atoms with van der Waals surface area (Å²) in [6, 6.07) is 62.9. The van der Waals surface area contributed by atoms with Gasteiger partial charge in [-0.05, 0) is 46.5 Å². The predicted octanol–water partition coefficient (Wildman–Crippen LogP) is 11.9. The molecule has 0 N–H and O–H groups in total. The van der Waals surface area contributed by atoms with Crippen molar-refractivity contribution in [1.82, 2.24) is 14.5 Å². The van der Waals surface area contributed by atoms with E-state index in [-0.39, 0.29) is 5.92 Å². The van der Waals surface area contributed by atoms with Crippen molar-refractivity contribution < 1.29 is 0 Å². The zero-order chi connectivity index (χ0) is 33.5. The first-order valence-electron chi connectivity index (χ1n) is 17.5. The van der Waals surface area contributed by atoms with Crippen molar-refractivity contribution in [2.75, 3.05) is 4.90 Å². The van der Waals surface area contributed by atoms with Gasteiger partial charge in [0.15, 0.2) is 0 Å². The zero-order valence-corrected chi connectivity index (χ0v) is 27.6. The van der Waals surface area contributed by atoms with Crippen LogP contribution < -0.4 is 4.90 Å². The molecule has 11 rings (SSSR count). The van der Waals surface area contributed by atoms with Crippen LogP contribution in [0.4, 0.5) is 17.3 Å². The SMILES string of the molecule is c1ccc(-c2cc(-c3ccccc3)nc(N3c4ccccc4-n4c5c3cccc5c3ccc5c(c34)-c3ccccc3C5c3ccccc3)n2)cc1. The molecule has 238 valence electrons. The monoisotopic (exact) mass is 650 g/mol. The highest BCUT2D eigenvalue weighted by Crippen LogP contribution is 2.55. The van der Waals surface area contributed by atoms with Gasteiger partial charge >= 0.3 is 0 Å². The Hall–Kier alpha value is -6.78. The maximum Gasteiger partial charge on any atom is 0.235 e. The Morgan fingerprint density at radius 2 is 1.02 bits per heavy atom. The lowest BCUT2D eigenvalue weighted by atomic mass is 9.89. The summed E-state index contributed by atoms with van der Waals surface area (Å²) >= 11 is 0. The van der Waals surface area contributed by atoms with Gasteiger partial charge in [0.1, 0.15) is 0 Å². The third-order valence-electron chi connectivity index (χ3n) is 10.6. The van der Waals surface area contributed by atoms with E-state index in [1.807, 2.05) is 12.1 Å². The Bertz CT molecular complexity index is 2750. The minimum Gasteiger partial charge on any atom is -0.304 e. The fourth-order valence-corrected chi connectivity index (χ4v) is 8.48. The molecule has 0 amide bonds. The predicted molar refractivity (Wildman–Crippen MR) is 208 cm³/mol. The highest BCUT2D eigenvalue weighted by molar-refractivity contribution is 6.20. The second-order valence-corrected chi connectivity index (χ2v) is 13.4. The minimum atomic E-state index is 0.174. The van der Waals surface area contributed by atoms with Crippen LogP contribution in [0.3, 0.4) is 0 Å². The summed E-state index contributed by atoms with van der Waals surface area (Å²) in [5, 5.41) is 2.46. The van der Waals surface area contributed by atoms with Crippen LogP contribution in [-0.2, 0) is 0 Å². The molecule has 0 saturated carbocycles. The van der Waals surface area contributed by atoms with Gasteiger partial charge < -0.3 is 4.57 Å². The maximum absolute atomic E-state index is 5.30. The third-order valence-corrected chi connectivity index (χ3v) is 10.6. The molecule has 4 nitrogen and oxygen atoms in total. The third kappa shape index (κ3) is 4.08. The Balaban J connectivity index is 1.22. The largest absolute Gasteiger partial charge is 0.304 e. The fraction of sp³-hybridized carbons (Fsp3) is 0.0213. The van der Waals surface area contributed by atoms with Gasteiger partial charge in [-0.25, -0.2) is 9.97 Å². The first-order chi connectivity index (χ1) is 25.3. The lowest BCUT2D eigenvalue weighted by Gasteiger charge is -2.32. The van der Waals surface area contributed by atoms with E-state index in [4.69, 9.17) is 9.97 Å². The topological polar surface area (TPSA) is 34.0 Å². The Morgan fingerprint density at radius 1 is 0.431 bits per heavy atom. The summed E-state index contributed by atoms with van der Waals surface area (Å²) < 4.78 is 2.51. The molecular formula is C47H30N4. The molecule has 0 fully saturated rings. The number of nitrogens with zero attached hydrogens (tertiary/aromatic N) is 4. The van der Waals surface area contributed by atoms with E-state index in [0.717, 1.165) is 45.1 Å². The minimum absolute atomic E-state index is 0.174. The van der Waals surface area contributed by atoms with Crippen LogP contribution in [0.25, 0.3) is 61.1 Å². The Kier molecular flexibility index (Phi) is 5.98. The van der Waals surface area contributed by atoms with Crippen LogP contribution in [0.15, 0.2) is 176 Å². The summed E-state index contributed by atoms with van der Waals surface area (Å²) in [4.78, 5) is 12.9. The summed E-state index contributed by atoms with van der Waals surface area (Å²) in [7, 11) is 0. The number of benzene rings is 7. The quantitative estimate of drug-likeness (QED) is 0.190. The fourth-order valence-electron chi connectivity index (χ4n) is 8.48. The number of hydrogen-bond donors (Lipinski definition) is 0. The van der Waals surface area contributed by atoms with Crippen LogP contribution in [0, 0.1) is 0 Å². The normalized spacial score (nSPS) is 14.0. The lowest BCUT2D eigenvalue weighted by molar-refractivity contribution is 1.01. The molecular weight excluding hydrogens is 621 g/mol. The summed E-state index contributed by atoms with van der Waals surface area (Å²) in [6.45, 7) is 0. The zero-order valence-electron chi connectivity index (χ0n) is 27.6. The van der Waals surface area contributed by atoms with Crippen molar-refractivity contribution in [3.05, 3.63) is 193 Å². The van der Waals surface area contributed by atoms with Gasteiger partial charge in [-0.1, -0.05) is 152 Å². The lowest BCUT2D eigenvalue weighted by Crippen LogP contribution is -2.20. The number of hydrogen-bond acceptors (Lipinski definition) is 3. The van der Waals surface area contributed by atoms with Crippen LogP contribution in [0.5, 0.6) is 0 Å². The first kappa shape index (κ1) is 28.1. The van der Waals surface area contributed by atoms with Crippen LogP contribution in [-0.4, -0.2) is 14.5 Å². The molecule has 9 aromatic rings. The molecule has 0 radical (unpaired) electrons. The van der Waals surface area contributed by atoms with Gasteiger partial charge in [-0.2, -0.15) is 0 Å². The van der Waals surface area contributed by atoms with Gasteiger partial charge in [0.2, 0.25) is 5.95 Å². The molecule has 0 saturated heterocycles. The van der Waals surface area contributed by atoms with E-state index in [9.17, 15) is 0 Å². The molecule has 0 spiro atoms. The number of anilines is 3. The smallest absolute Gasteiger partial charge is 0.235 e. The van der Waals surface area contributed by atoms with Crippen molar-refractivity contribution in [3.8, 4) is 39.3 Å². The van der Waals surface area contributed by atoms with Crippen molar-refractivity contribution in [3.63, 3.8) is 0 Å². The second kappa shape index (κ2) is 10.9. The van der Waals surface area contributed by atoms with Gasteiger partial charge in [0, 0.05) is 33.4 Å². The summed E-state index contributed by atoms with van der Waals surface area (Å²) in [6.07, 6.45) is 0. The number of rotatable bonds is 4. The van der Waals surface area contributed by atoms with Crippen LogP contribution >= 0.6 is 0 Å². The average molecular weight is 651 g/mol. The van der Waals surface area contributed by atoms with Crippen molar-refractivity contribution >= 4 is 39.1 Å². The average Bonchev–Trinajstić information content (AvgIpc) is 3.73. The second-order valence-electron chi connectivity index (χ2n) is 13.4. The maximum atomic E-state index is 5.30. The van der Waals surface area contributed by atoms with Crippen molar-refractivity contribution in [1.29, 1.82) is 0 Å². The van der Waals surface area contributed by atoms with Gasteiger partial charge in [-0.3, -0.25) is 4.90 Å². The highest BCUT2D eigenvalue weighted by atomic mass is 15.3. The van der Waals surface area contributed by atoms with Gasteiger partial charge in [0.05, 0.1) is 39.5 Å². The van der Waals surface area contributed by atoms with E-state index in [2.05, 4.69) is 173 Å². The van der Waals surface area contributed by atoms with E-state index in [1.165, 1.54) is 44.1 Å². The summed E-state index contributed by atoms with van der Waals surface area (Å²) in [5.41, 5.74) is 16.1. The molecule has 0 bridgehead atoms. The number of fused-ring (bicyclic) bond motifs is 9. The van der Waals surface area contributed by atoms with E-state index >= 15 is 0 Å². The van der Waals surface area contributed by atoms with Crippen LogP contribution in [0.2, 0.25) is 0 Å². The number of para-hydroxylation sites is 3. The molecule has 2 aromatic heterocycles. The molecule has 1 unspecified atom stereocenters. The molecule has 7 aromatic carbocycles. The molecule has 1 aliphatic heterocycles. The van der Waals surface area contributed by atoms with Crippen molar-refractivity contribution in [2.45, 2.75) is 5.92 Å². The Labute approximate surface area is 295 Å². The summed E-state index contributed by atoms with van der Waals surface area (Å²) in [5.74, 6) is 0.819. The molecule has 1 atom stereocenters. The molecule has 1 aliphatic carbocycles. The standard InChI is InChI=1S/C47H30N4/c1-4-15-30(16-5-1)38-29-39(31-17-6-2-7-18-31)49-47(48-38)50-40-24-12-13-25-41(40)51-45-35(23-14-26-42(45)50)36-27-28-37-43(32-19-8-3-9-20-32)33-21-10-11-22-34(33)44(37)46(36)51/h1-29,43H. The van der Waals surface area contributed by atoms with E-state index in [0.29, 0.717) is 5.95 Å². The molecule has 51 heavy (non-hydrogen) atoms. The number of aromatic nitrogens is 3. The van der Waals surface area contributed by atoms with Gasteiger partial charge in [-0.15, -0.1) is 0 Å². The Morgan fingerprint density at radius 3 is 1.75 bits per heavy atom. The van der Waals surface area contributed by atoms with Crippen molar-refractivity contribution in [2.24, 2.45) is 0 Å².